The predicted molar refractivity (Wildman–Crippen MR) is 74.1 cm³/mol. The topological polar surface area (TPSA) is 78.9 Å². The lowest BCUT2D eigenvalue weighted by atomic mass is 9.90. The molecule has 9 heteroatoms. The Morgan fingerprint density at radius 1 is 1.35 bits per heavy atom. The summed E-state index contributed by atoms with van der Waals surface area (Å²) in [5.41, 5.74) is -1.20. The smallest absolute Gasteiger partial charge is 0.481 e. The summed E-state index contributed by atoms with van der Waals surface area (Å²) in [7, 11) is 0. The van der Waals surface area contributed by atoms with E-state index in [4.69, 9.17) is 5.11 Å². The number of anilines is 1. The molecule has 1 aromatic carbocycles. The summed E-state index contributed by atoms with van der Waals surface area (Å²) in [5, 5.41) is 11.5. The van der Waals surface area contributed by atoms with Crippen molar-refractivity contribution >= 4 is 17.7 Å². The number of benzene rings is 1. The average Bonchev–Trinajstić information content (AvgIpc) is 2.83. The van der Waals surface area contributed by atoms with Crippen LogP contribution in [-0.4, -0.2) is 41.5 Å². The molecule has 1 atom stereocenters. The highest BCUT2D eigenvalue weighted by atomic mass is 19.4. The third-order valence-electron chi connectivity index (χ3n) is 3.63. The largest absolute Gasteiger partial charge is 0.573 e. The second-order valence-electron chi connectivity index (χ2n) is 5.51. The van der Waals surface area contributed by atoms with Crippen LogP contribution in [-0.2, 0) is 4.79 Å². The summed E-state index contributed by atoms with van der Waals surface area (Å²) >= 11 is 0. The Morgan fingerprint density at radius 2 is 2.00 bits per heavy atom. The summed E-state index contributed by atoms with van der Waals surface area (Å²) in [6.45, 7) is 1.71. The van der Waals surface area contributed by atoms with Gasteiger partial charge in [-0.3, -0.25) is 4.79 Å². The second kappa shape index (κ2) is 5.98. The van der Waals surface area contributed by atoms with Gasteiger partial charge in [0.2, 0.25) is 0 Å². The minimum Gasteiger partial charge on any atom is -0.481 e. The number of hydrogen-bond donors (Lipinski definition) is 2. The maximum atomic E-state index is 12.3. The molecule has 0 aliphatic carbocycles. The van der Waals surface area contributed by atoms with Crippen LogP contribution in [0, 0.1) is 5.41 Å². The highest BCUT2D eigenvalue weighted by Gasteiger charge is 2.42. The van der Waals surface area contributed by atoms with Crippen LogP contribution in [0.4, 0.5) is 23.7 Å². The number of carboxylic acid groups (broad SMARTS) is 1. The van der Waals surface area contributed by atoms with Crippen LogP contribution in [0.5, 0.6) is 5.75 Å². The Morgan fingerprint density at radius 3 is 2.57 bits per heavy atom. The van der Waals surface area contributed by atoms with Crippen LogP contribution >= 0.6 is 0 Å². The molecule has 2 rings (SSSR count). The number of aliphatic carboxylic acids is 1. The van der Waals surface area contributed by atoms with Crippen LogP contribution in [0.15, 0.2) is 24.3 Å². The summed E-state index contributed by atoms with van der Waals surface area (Å²) in [5.74, 6) is -1.55. The molecule has 1 aliphatic heterocycles. The van der Waals surface area contributed by atoms with Gasteiger partial charge in [-0.1, -0.05) is 12.1 Å². The zero-order valence-electron chi connectivity index (χ0n) is 12.2. The van der Waals surface area contributed by atoms with Crippen LogP contribution in [0.25, 0.3) is 0 Å². The van der Waals surface area contributed by atoms with Gasteiger partial charge in [0.05, 0.1) is 11.1 Å². The fourth-order valence-corrected chi connectivity index (χ4v) is 2.29. The van der Waals surface area contributed by atoms with Crippen molar-refractivity contribution in [2.75, 3.05) is 18.4 Å². The maximum Gasteiger partial charge on any atom is 0.573 e. The van der Waals surface area contributed by atoms with Gasteiger partial charge in [0.1, 0.15) is 0 Å². The fourth-order valence-electron chi connectivity index (χ4n) is 2.29. The Labute approximate surface area is 129 Å². The Hall–Kier alpha value is -2.45. The molecule has 1 aromatic rings. The number of alkyl halides is 3. The molecule has 0 radical (unpaired) electrons. The monoisotopic (exact) mass is 332 g/mol. The van der Waals surface area contributed by atoms with Crippen molar-refractivity contribution in [1.82, 2.24) is 4.90 Å². The number of rotatable bonds is 3. The SMILES string of the molecule is CC1(C(=O)O)CCN(C(=O)Nc2ccccc2OC(F)(F)F)C1. The van der Waals surface area contributed by atoms with E-state index in [9.17, 15) is 22.8 Å². The van der Waals surface area contributed by atoms with Crippen molar-refractivity contribution < 1.29 is 32.6 Å². The van der Waals surface area contributed by atoms with Crippen molar-refractivity contribution in [3.05, 3.63) is 24.3 Å². The quantitative estimate of drug-likeness (QED) is 0.892. The number of nitrogens with one attached hydrogen (secondary N) is 1. The first-order valence-corrected chi connectivity index (χ1v) is 6.75. The first kappa shape index (κ1) is 16.9. The third-order valence-corrected chi connectivity index (χ3v) is 3.63. The first-order valence-electron chi connectivity index (χ1n) is 6.75. The number of urea groups is 1. The van der Waals surface area contributed by atoms with Gasteiger partial charge >= 0.3 is 18.4 Å². The molecule has 2 amide bonds. The van der Waals surface area contributed by atoms with Crippen molar-refractivity contribution in [2.24, 2.45) is 5.41 Å². The molecular formula is C14H15F3N2O4. The summed E-state index contributed by atoms with van der Waals surface area (Å²) < 4.78 is 40.9. The average molecular weight is 332 g/mol. The number of likely N-dealkylation sites (tertiary alicyclic amines) is 1. The van der Waals surface area contributed by atoms with E-state index >= 15 is 0 Å². The van der Waals surface area contributed by atoms with Crippen LogP contribution in [0.3, 0.4) is 0 Å². The number of carbonyl (C=O) groups is 2. The number of carbonyl (C=O) groups excluding carboxylic acids is 1. The number of halogens is 3. The predicted octanol–water partition coefficient (Wildman–Crippen LogP) is 2.91. The molecule has 2 N–H and O–H groups in total. The summed E-state index contributed by atoms with van der Waals surface area (Å²) in [4.78, 5) is 24.5. The number of hydrogen-bond acceptors (Lipinski definition) is 3. The standard InChI is InChI=1S/C14H15F3N2O4/c1-13(11(20)21)6-7-19(8-13)12(22)18-9-4-2-3-5-10(9)23-14(15,16)17/h2-5H,6-8H2,1H3,(H,18,22)(H,20,21). The molecule has 126 valence electrons. The van der Waals surface area contributed by atoms with E-state index in [1.807, 2.05) is 0 Å². The van der Waals surface area contributed by atoms with E-state index in [2.05, 4.69) is 10.1 Å². The molecule has 0 aromatic heterocycles. The Balaban J connectivity index is 2.09. The van der Waals surface area contributed by atoms with Crippen LogP contribution < -0.4 is 10.1 Å². The lowest BCUT2D eigenvalue weighted by Crippen LogP contribution is -2.37. The normalized spacial score (nSPS) is 21.1. The molecule has 0 spiro atoms. The van der Waals surface area contributed by atoms with Crippen molar-refractivity contribution in [3.63, 3.8) is 0 Å². The van der Waals surface area contributed by atoms with Crippen molar-refractivity contribution in [1.29, 1.82) is 0 Å². The van der Waals surface area contributed by atoms with Gasteiger partial charge in [-0.25, -0.2) is 4.79 Å². The molecule has 6 nitrogen and oxygen atoms in total. The molecule has 0 bridgehead atoms. The fraction of sp³-hybridized carbons (Fsp3) is 0.429. The highest BCUT2D eigenvalue weighted by molar-refractivity contribution is 5.91. The van der Waals surface area contributed by atoms with Crippen molar-refractivity contribution in [2.45, 2.75) is 19.7 Å². The van der Waals surface area contributed by atoms with Crippen LogP contribution in [0.2, 0.25) is 0 Å². The minimum absolute atomic E-state index is 0.0174. The molecular weight excluding hydrogens is 317 g/mol. The molecule has 0 saturated carbocycles. The van der Waals surface area contributed by atoms with Gasteiger partial charge in [0, 0.05) is 13.1 Å². The van der Waals surface area contributed by atoms with E-state index < -0.39 is 29.5 Å². The van der Waals surface area contributed by atoms with Gasteiger partial charge in [-0.05, 0) is 25.5 Å². The van der Waals surface area contributed by atoms with Crippen molar-refractivity contribution in [3.8, 4) is 5.75 Å². The molecule has 1 fully saturated rings. The zero-order chi connectivity index (χ0) is 17.3. The van der Waals surface area contributed by atoms with Gasteiger partial charge in [0.15, 0.2) is 5.75 Å². The Kier molecular flexibility index (Phi) is 4.39. The van der Waals surface area contributed by atoms with E-state index in [1.165, 1.54) is 30.0 Å². The molecule has 1 saturated heterocycles. The van der Waals surface area contributed by atoms with E-state index in [0.717, 1.165) is 6.07 Å². The van der Waals surface area contributed by atoms with Gasteiger partial charge in [-0.15, -0.1) is 13.2 Å². The molecule has 1 heterocycles. The zero-order valence-corrected chi connectivity index (χ0v) is 12.2. The number of carboxylic acids is 1. The maximum absolute atomic E-state index is 12.3. The van der Waals surface area contributed by atoms with Gasteiger partial charge in [-0.2, -0.15) is 0 Å². The minimum atomic E-state index is -4.88. The number of amides is 2. The third kappa shape index (κ3) is 4.05. The number of para-hydroxylation sites is 2. The van der Waals surface area contributed by atoms with Gasteiger partial charge in [0.25, 0.3) is 0 Å². The molecule has 23 heavy (non-hydrogen) atoms. The van der Waals surface area contributed by atoms with Crippen LogP contribution in [0.1, 0.15) is 13.3 Å². The Bertz CT molecular complexity index is 620. The summed E-state index contributed by atoms with van der Waals surface area (Å²) in [6.07, 6.45) is -4.60. The molecule has 1 unspecified atom stereocenters. The second-order valence-corrected chi connectivity index (χ2v) is 5.51. The van der Waals surface area contributed by atoms with E-state index in [0.29, 0.717) is 0 Å². The lowest BCUT2D eigenvalue weighted by Gasteiger charge is -2.21. The highest BCUT2D eigenvalue weighted by Crippen LogP contribution is 2.33. The van der Waals surface area contributed by atoms with E-state index in [1.54, 1.807) is 0 Å². The van der Waals surface area contributed by atoms with Gasteiger partial charge < -0.3 is 20.1 Å². The molecule has 1 aliphatic rings. The van der Waals surface area contributed by atoms with E-state index in [-0.39, 0.29) is 25.2 Å². The number of ether oxygens (including phenoxy) is 1. The lowest BCUT2D eigenvalue weighted by molar-refractivity contribution is -0.274. The number of nitrogens with zero attached hydrogens (tertiary/aromatic N) is 1. The first-order chi connectivity index (χ1) is 10.6. The summed E-state index contributed by atoms with van der Waals surface area (Å²) in [6, 6.07) is 4.46.